The van der Waals surface area contributed by atoms with Crippen molar-refractivity contribution in [3.63, 3.8) is 0 Å². The lowest BCUT2D eigenvalue weighted by Crippen LogP contribution is -2.25. The van der Waals surface area contributed by atoms with Gasteiger partial charge in [0.05, 0.1) is 18.2 Å². The van der Waals surface area contributed by atoms with Crippen LogP contribution in [0.2, 0.25) is 0 Å². The Kier molecular flexibility index (Phi) is 5.92. The van der Waals surface area contributed by atoms with Crippen molar-refractivity contribution in [2.45, 2.75) is 38.5 Å². The van der Waals surface area contributed by atoms with Crippen LogP contribution in [0, 0.1) is 0 Å². The highest BCUT2D eigenvalue weighted by molar-refractivity contribution is 6.17. The topological polar surface area (TPSA) is 92.3 Å². The quantitative estimate of drug-likeness (QED) is 0.737. The van der Waals surface area contributed by atoms with Crippen molar-refractivity contribution in [3.05, 3.63) is 72.0 Å². The smallest absolute Gasteiger partial charge is 0.195 e. The molecular formula is C23H26N4O3. The van der Waals surface area contributed by atoms with Crippen LogP contribution in [0.1, 0.15) is 42.6 Å². The van der Waals surface area contributed by atoms with Gasteiger partial charge in [-0.05, 0) is 43.9 Å². The summed E-state index contributed by atoms with van der Waals surface area (Å²) in [7, 11) is 0. The van der Waals surface area contributed by atoms with Crippen LogP contribution in [0.4, 0.5) is 0 Å². The van der Waals surface area contributed by atoms with Crippen LogP contribution < -0.4 is 5.73 Å². The number of nitrogens with zero attached hydrogens (tertiary/aromatic N) is 3. The molecule has 0 aromatic carbocycles. The summed E-state index contributed by atoms with van der Waals surface area (Å²) in [5, 5.41) is 0.697. The third-order valence-electron chi connectivity index (χ3n) is 5.29. The van der Waals surface area contributed by atoms with Gasteiger partial charge in [-0.2, -0.15) is 0 Å². The summed E-state index contributed by atoms with van der Waals surface area (Å²) >= 11 is 0. The van der Waals surface area contributed by atoms with Gasteiger partial charge < -0.3 is 19.8 Å². The van der Waals surface area contributed by atoms with Crippen LogP contribution in [0.15, 0.2) is 66.4 Å². The Labute approximate surface area is 175 Å². The lowest BCUT2D eigenvalue weighted by molar-refractivity contribution is -0.166. The molecule has 0 spiro atoms. The second kappa shape index (κ2) is 8.77. The van der Waals surface area contributed by atoms with Gasteiger partial charge in [-0.3, -0.25) is 4.79 Å². The number of nitrogens with two attached hydrogens (primary N) is 1. The monoisotopic (exact) mass is 406 g/mol. The predicted molar refractivity (Wildman–Crippen MR) is 115 cm³/mol. The Morgan fingerprint density at radius 2 is 2.27 bits per heavy atom. The van der Waals surface area contributed by atoms with Gasteiger partial charge in [0.25, 0.3) is 0 Å². The maximum absolute atomic E-state index is 13.3. The second-order valence-electron chi connectivity index (χ2n) is 7.67. The van der Waals surface area contributed by atoms with E-state index < -0.39 is 0 Å². The summed E-state index contributed by atoms with van der Waals surface area (Å²) in [6.07, 6.45) is 14.8. The summed E-state index contributed by atoms with van der Waals surface area (Å²) in [5.74, 6) is -0.139. The van der Waals surface area contributed by atoms with E-state index in [1.165, 1.54) is 6.33 Å². The number of ketones is 1. The molecule has 1 fully saturated rings. The van der Waals surface area contributed by atoms with E-state index in [1.54, 1.807) is 30.5 Å². The molecule has 2 atom stereocenters. The predicted octanol–water partition coefficient (Wildman–Crippen LogP) is 3.61. The number of allylic oxidation sites excluding steroid dienone is 6. The molecule has 7 heteroatoms. The first-order valence-corrected chi connectivity index (χ1v) is 10.2. The number of ether oxygens (including phenoxy) is 2. The number of Topliss-reactive ketones (excluding diaryl/α,β-unsaturated/α-hetero) is 1. The first kappa shape index (κ1) is 20.3. The Hall–Kier alpha value is -3.03. The third kappa shape index (κ3) is 4.27. The Morgan fingerprint density at radius 1 is 1.40 bits per heavy atom. The van der Waals surface area contributed by atoms with Crippen molar-refractivity contribution in [2.75, 3.05) is 13.2 Å². The Balaban J connectivity index is 1.62. The highest BCUT2D eigenvalue weighted by atomic mass is 16.7. The van der Waals surface area contributed by atoms with Gasteiger partial charge in [-0.25, -0.2) is 9.97 Å². The van der Waals surface area contributed by atoms with Gasteiger partial charge in [0.1, 0.15) is 12.0 Å². The zero-order valence-corrected chi connectivity index (χ0v) is 17.1. The number of carbonyl (C=O) groups is 1. The SMILES string of the molecule is C=C1C=CC(C(=O)c2cn(C(C)COC3CCCCO3)c3ncncc23)=CC(N)=C1. The van der Waals surface area contributed by atoms with E-state index in [9.17, 15) is 4.79 Å². The lowest BCUT2D eigenvalue weighted by atomic mass is 10.0. The van der Waals surface area contributed by atoms with Crippen LogP contribution in [-0.2, 0) is 9.47 Å². The van der Waals surface area contributed by atoms with Crippen molar-refractivity contribution in [1.29, 1.82) is 0 Å². The van der Waals surface area contributed by atoms with Crippen molar-refractivity contribution in [2.24, 2.45) is 5.73 Å². The fourth-order valence-electron chi connectivity index (χ4n) is 3.70. The maximum Gasteiger partial charge on any atom is 0.195 e. The van der Waals surface area contributed by atoms with E-state index in [1.807, 2.05) is 17.7 Å². The van der Waals surface area contributed by atoms with E-state index in [4.69, 9.17) is 15.2 Å². The summed E-state index contributed by atoms with van der Waals surface area (Å²) in [5.41, 5.74) is 8.93. The van der Waals surface area contributed by atoms with Gasteiger partial charge in [0.2, 0.25) is 0 Å². The van der Waals surface area contributed by atoms with E-state index in [2.05, 4.69) is 16.5 Å². The van der Waals surface area contributed by atoms with Gasteiger partial charge >= 0.3 is 0 Å². The largest absolute Gasteiger partial charge is 0.399 e. The maximum atomic E-state index is 13.3. The lowest BCUT2D eigenvalue weighted by Gasteiger charge is -2.24. The summed E-state index contributed by atoms with van der Waals surface area (Å²) in [6, 6.07) is -0.0297. The molecule has 1 saturated heterocycles. The molecule has 156 valence electrons. The molecule has 1 aliphatic carbocycles. The molecule has 0 saturated carbocycles. The van der Waals surface area contributed by atoms with Crippen molar-refractivity contribution >= 4 is 16.8 Å². The Bertz CT molecular complexity index is 1060. The van der Waals surface area contributed by atoms with Gasteiger partial charge in [-0.1, -0.05) is 18.7 Å². The first-order chi connectivity index (χ1) is 14.5. The number of aromatic nitrogens is 3. The second-order valence-corrected chi connectivity index (χ2v) is 7.67. The highest BCUT2D eigenvalue weighted by Gasteiger charge is 2.22. The highest BCUT2D eigenvalue weighted by Crippen LogP contribution is 2.27. The van der Waals surface area contributed by atoms with Crippen molar-refractivity contribution < 1.29 is 14.3 Å². The fraction of sp³-hybridized carbons (Fsp3) is 0.348. The third-order valence-corrected chi connectivity index (χ3v) is 5.29. The van der Waals surface area contributed by atoms with E-state index >= 15 is 0 Å². The minimum atomic E-state index is -0.164. The number of hydrogen-bond donors (Lipinski definition) is 1. The number of carbonyl (C=O) groups excluding carboxylic acids is 1. The van der Waals surface area contributed by atoms with E-state index in [0.717, 1.165) is 31.4 Å². The molecule has 2 unspecified atom stereocenters. The Morgan fingerprint density at radius 3 is 3.07 bits per heavy atom. The molecule has 2 aromatic rings. The molecule has 2 N–H and O–H groups in total. The van der Waals surface area contributed by atoms with Crippen LogP contribution in [0.3, 0.4) is 0 Å². The minimum absolute atomic E-state index is 0.0297. The van der Waals surface area contributed by atoms with E-state index in [0.29, 0.717) is 34.5 Å². The van der Waals surface area contributed by atoms with Crippen molar-refractivity contribution in [1.82, 2.24) is 14.5 Å². The van der Waals surface area contributed by atoms with Gasteiger partial charge in [0.15, 0.2) is 12.1 Å². The van der Waals surface area contributed by atoms with Crippen LogP contribution in [-0.4, -0.2) is 39.8 Å². The average Bonchev–Trinajstić information content (AvgIpc) is 3.05. The molecular weight excluding hydrogens is 380 g/mol. The summed E-state index contributed by atoms with van der Waals surface area (Å²) in [6.45, 7) is 7.13. The number of rotatable bonds is 6. The normalized spacial score (nSPS) is 20.6. The molecule has 2 aliphatic rings. The van der Waals surface area contributed by atoms with Gasteiger partial charge in [0, 0.05) is 35.7 Å². The summed E-state index contributed by atoms with van der Waals surface area (Å²) in [4.78, 5) is 21.8. The average molecular weight is 406 g/mol. The molecule has 1 aliphatic heterocycles. The zero-order valence-electron chi connectivity index (χ0n) is 17.1. The fourth-order valence-corrected chi connectivity index (χ4v) is 3.70. The molecule has 30 heavy (non-hydrogen) atoms. The molecule has 0 bridgehead atoms. The summed E-state index contributed by atoms with van der Waals surface area (Å²) < 4.78 is 13.6. The van der Waals surface area contributed by atoms with Crippen molar-refractivity contribution in [3.8, 4) is 0 Å². The number of hydrogen-bond acceptors (Lipinski definition) is 6. The van der Waals surface area contributed by atoms with Crippen LogP contribution in [0.5, 0.6) is 0 Å². The molecule has 3 heterocycles. The molecule has 7 nitrogen and oxygen atoms in total. The van der Waals surface area contributed by atoms with Crippen LogP contribution in [0.25, 0.3) is 11.0 Å². The zero-order chi connectivity index (χ0) is 21.1. The molecule has 0 radical (unpaired) electrons. The molecule has 0 amide bonds. The van der Waals surface area contributed by atoms with E-state index in [-0.39, 0.29) is 18.1 Å². The minimum Gasteiger partial charge on any atom is -0.399 e. The molecule has 4 rings (SSSR count). The number of fused-ring (bicyclic) bond motifs is 1. The standard InChI is InChI=1S/C23H26N4O3/c1-15-6-7-17(10-18(24)9-15)22(28)20-12-27(23-19(20)11-25-14-26-23)16(2)13-30-21-5-3-4-8-29-21/h6-7,9-12,14,16,21H,1,3-5,8,13,24H2,2H3. The van der Waals surface area contributed by atoms with Gasteiger partial charge in [-0.15, -0.1) is 0 Å². The van der Waals surface area contributed by atoms with Crippen LogP contribution >= 0.6 is 0 Å². The molecule has 2 aromatic heterocycles. The first-order valence-electron chi connectivity index (χ1n) is 10.2.